The first-order valence-corrected chi connectivity index (χ1v) is 6.28. The van der Waals surface area contributed by atoms with Gasteiger partial charge in [0.25, 0.3) is 0 Å². The lowest BCUT2D eigenvalue weighted by Gasteiger charge is -2.19. The van der Waals surface area contributed by atoms with Gasteiger partial charge in [0.05, 0.1) is 5.69 Å². The van der Waals surface area contributed by atoms with Gasteiger partial charge in [-0.3, -0.25) is 5.10 Å². The lowest BCUT2D eigenvalue weighted by Crippen LogP contribution is -2.10. The summed E-state index contributed by atoms with van der Waals surface area (Å²) in [6, 6.07) is 8.67. The zero-order valence-electron chi connectivity index (χ0n) is 11.5. The Labute approximate surface area is 108 Å². The van der Waals surface area contributed by atoms with Crippen LogP contribution < -0.4 is 5.73 Å². The highest BCUT2D eigenvalue weighted by Crippen LogP contribution is 2.29. The van der Waals surface area contributed by atoms with Crippen LogP contribution in [0.25, 0.3) is 11.1 Å². The molecule has 0 aliphatic heterocycles. The van der Waals surface area contributed by atoms with Crippen LogP contribution in [-0.2, 0) is 12.0 Å². The Balaban J connectivity index is 2.43. The van der Waals surface area contributed by atoms with E-state index in [1.807, 2.05) is 6.92 Å². The first-order valence-electron chi connectivity index (χ1n) is 6.28. The molecule has 1 aromatic carbocycles. The third kappa shape index (κ3) is 2.31. The molecule has 0 bridgehead atoms. The Hall–Kier alpha value is -1.61. The second kappa shape index (κ2) is 4.58. The van der Waals surface area contributed by atoms with E-state index >= 15 is 0 Å². The summed E-state index contributed by atoms with van der Waals surface area (Å²) in [5.41, 5.74) is 11.5. The summed E-state index contributed by atoms with van der Waals surface area (Å²) in [6.07, 6.45) is 0. The zero-order valence-corrected chi connectivity index (χ0v) is 11.5. The molecule has 0 radical (unpaired) electrons. The predicted octanol–water partition coefficient (Wildman–Crippen LogP) is 3.14. The summed E-state index contributed by atoms with van der Waals surface area (Å²) < 4.78 is 0. The van der Waals surface area contributed by atoms with Crippen LogP contribution in [0.3, 0.4) is 0 Å². The molecule has 3 heteroatoms. The molecule has 1 aromatic heterocycles. The zero-order chi connectivity index (χ0) is 13.3. The van der Waals surface area contributed by atoms with E-state index < -0.39 is 0 Å². The summed E-state index contributed by atoms with van der Waals surface area (Å²) in [7, 11) is 0. The van der Waals surface area contributed by atoms with Crippen molar-refractivity contribution in [1.82, 2.24) is 10.2 Å². The predicted molar refractivity (Wildman–Crippen MR) is 75.4 cm³/mol. The minimum absolute atomic E-state index is 0.181. The van der Waals surface area contributed by atoms with Crippen LogP contribution >= 0.6 is 0 Å². The van der Waals surface area contributed by atoms with Gasteiger partial charge in [0.2, 0.25) is 0 Å². The standard InChI is InChI=1S/C15H21N3/c1-10-14(13(9-16)18-17-10)11-5-7-12(8-6-11)15(2,3)4/h5-8H,9,16H2,1-4H3,(H,17,18). The molecule has 0 aliphatic rings. The van der Waals surface area contributed by atoms with Crippen molar-refractivity contribution < 1.29 is 0 Å². The third-order valence-electron chi connectivity index (χ3n) is 3.26. The molecule has 0 saturated carbocycles. The number of nitrogens with two attached hydrogens (primary N) is 1. The normalized spacial score (nSPS) is 11.8. The number of nitrogens with zero attached hydrogens (tertiary/aromatic N) is 1. The van der Waals surface area contributed by atoms with E-state index in [2.05, 4.69) is 55.2 Å². The van der Waals surface area contributed by atoms with Crippen LogP contribution in [0, 0.1) is 6.92 Å². The Morgan fingerprint density at radius 3 is 2.28 bits per heavy atom. The highest BCUT2D eigenvalue weighted by Gasteiger charge is 2.15. The van der Waals surface area contributed by atoms with E-state index in [1.54, 1.807) is 0 Å². The van der Waals surface area contributed by atoms with Gasteiger partial charge in [-0.2, -0.15) is 5.10 Å². The van der Waals surface area contributed by atoms with Crippen LogP contribution in [0.1, 0.15) is 37.7 Å². The van der Waals surface area contributed by atoms with Gasteiger partial charge in [-0.05, 0) is 23.5 Å². The fourth-order valence-electron chi connectivity index (χ4n) is 2.15. The number of hydrogen-bond donors (Lipinski definition) is 2. The van der Waals surface area contributed by atoms with Crippen molar-refractivity contribution >= 4 is 0 Å². The highest BCUT2D eigenvalue weighted by molar-refractivity contribution is 5.68. The molecule has 1 heterocycles. The minimum atomic E-state index is 0.181. The fourth-order valence-corrected chi connectivity index (χ4v) is 2.15. The molecule has 0 amide bonds. The van der Waals surface area contributed by atoms with Crippen molar-refractivity contribution in [1.29, 1.82) is 0 Å². The number of H-pyrrole nitrogens is 1. The summed E-state index contributed by atoms with van der Waals surface area (Å²) >= 11 is 0. The van der Waals surface area contributed by atoms with Gasteiger partial charge in [-0.15, -0.1) is 0 Å². The monoisotopic (exact) mass is 243 g/mol. The summed E-state index contributed by atoms with van der Waals surface area (Å²) in [6.45, 7) is 9.14. The van der Waals surface area contributed by atoms with Crippen molar-refractivity contribution in [3.8, 4) is 11.1 Å². The number of nitrogens with one attached hydrogen (secondary N) is 1. The first-order chi connectivity index (χ1) is 8.43. The Bertz CT molecular complexity index is 530. The quantitative estimate of drug-likeness (QED) is 0.851. The molecule has 0 atom stereocenters. The molecule has 18 heavy (non-hydrogen) atoms. The van der Waals surface area contributed by atoms with E-state index in [0.29, 0.717) is 6.54 Å². The van der Waals surface area contributed by atoms with Crippen molar-refractivity contribution in [3.63, 3.8) is 0 Å². The molecule has 3 nitrogen and oxygen atoms in total. The van der Waals surface area contributed by atoms with E-state index in [1.165, 1.54) is 11.1 Å². The first kappa shape index (κ1) is 12.8. The van der Waals surface area contributed by atoms with Crippen molar-refractivity contribution in [2.24, 2.45) is 5.73 Å². The van der Waals surface area contributed by atoms with Gasteiger partial charge in [0, 0.05) is 17.8 Å². The Morgan fingerprint density at radius 1 is 1.17 bits per heavy atom. The minimum Gasteiger partial charge on any atom is -0.325 e. The van der Waals surface area contributed by atoms with E-state index in [9.17, 15) is 0 Å². The third-order valence-corrected chi connectivity index (χ3v) is 3.26. The van der Waals surface area contributed by atoms with Crippen LogP contribution in [0.4, 0.5) is 0 Å². The average molecular weight is 243 g/mol. The molecule has 3 N–H and O–H groups in total. The largest absolute Gasteiger partial charge is 0.325 e. The number of aromatic nitrogens is 2. The topological polar surface area (TPSA) is 54.7 Å². The van der Waals surface area contributed by atoms with E-state index in [4.69, 9.17) is 5.73 Å². The Kier molecular flexibility index (Phi) is 3.26. The van der Waals surface area contributed by atoms with Crippen LogP contribution in [0.15, 0.2) is 24.3 Å². The lowest BCUT2D eigenvalue weighted by molar-refractivity contribution is 0.590. The maximum atomic E-state index is 5.72. The lowest BCUT2D eigenvalue weighted by atomic mass is 9.86. The fraction of sp³-hybridized carbons (Fsp3) is 0.400. The van der Waals surface area contributed by atoms with Crippen molar-refractivity contribution in [2.45, 2.75) is 39.7 Å². The van der Waals surface area contributed by atoms with Gasteiger partial charge in [-0.25, -0.2) is 0 Å². The van der Waals surface area contributed by atoms with Crippen LogP contribution in [-0.4, -0.2) is 10.2 Å². The van der Waals surface area contributed by atoms with E-state index in [0.717, 1.165) is 17.0 Å². The smallest absolute Gasteiger partial charge is 0.0838 e. The number of aromatic amines is 1. The van der Waals surface area contributed by atoms with Crippen LogP contribution in [0.5, 0.6) is 0 Å². The summed E-state index contributed by atoms with van der Waals surface area (Å²) in [4.78, 5) is 0. The number of benzene rings is 1. The second-order valence-electron chi connectivity index (χ2n) is 5.70. The number of hydrogen-bond acceptors (Lipinski definition) is 2. The number of aryl methyl sites for hydroxylation is 1. The maximum absolute atomic E-state index is 5.72. The van der Waals surface area contributed by atoms with Gasteiger partial charge in [0.15, 0.2) is 0 Å². The molecule has 0 unspecified atom stereocenters. The maximum Gasteiger partial charge on any atom is 0.0838 e. The average Bonchev–Trinajstić information content (AvgIpc) is 2.69. The van der Waals surface area contributed by atoms with Crippen molar-refractivity contribution in [2.75, 3.05) is 0 Å². The van der Waals surface area contributed by atoms with Gasteiger partial charge >= 0.3 is 0 Å². The molecule has 0 saturated heterocycles. The molecule has 2 rings (SSSR count). The van der Waals surface area contributed by atoms with Gasteiger partial charge in [0.1, 0.15) is 0 Å². The molecule has 0 fully saturated rings. The second-order valence-corrected chi connectivity index (χ2v) is 5.70. The Morgan fingerprint density at radius 2 is 1.78 bits per heavy atom. The summed E-state index contributed by atoms with van der Waals surface area (Å²) in [5.74, 6) is 0. The molecule has 0 aliphatic carbocycles. The SMILES string of the molecule is Cc1[nH]nc(CN)c1-c1ccc(C(C)(C)C)cc1. The molecular formula is C15H21N3. The highest BCUT2D eigenvalue weighted by atomic mass is 15.1. The van der Waals surface area contributed by atoms with Crippen LogP contribution in [0.2, 0.25) is 0 Å². The molecule has 96 valence electrons. The van der Waals surface area contributed by atoms with Gasteiger partial charge in [-0.1, -0.05) is 45.0 Å². The summed E-state index contributed by atoms with van der Waals surface area (Å²) in [5, 5.41) is 7.23. The van der Waals surface area contributed by atoms with E-state index in [-0.39, 0.29) is 5.41 Å². The molecule has 0 spiro atoms. The van der Waals surface area contributed by atoms with Gasteiger partial charge < -0.3 is 5.73 Å². The molecule has 2 aromatic rings. The molecular weight excluding hydrogens is 222 g/mol. The number of rotatable bonds is 2. The van der Waals surface area contributed by atoms with Crippen molar-refractivity contribution in [3.05, 3.63) is 41.2 Å².